The summed E-state index contributed by atoms with van der Waals surface area (Å²) in [5, 5.41) is 9.05. The number of nitrogens with one attached hydrogen (secondary N) is 2. The summed E-state index contributed by atoms with van der Waals surface area (Å²) in [6.07, 6.45) is 0. The molecule has 0 atom stereocenters. The van der Waals surface area contributed by atoms with Gasteiger partial charge in [0.25, 0.3) is 0 Å². The molecule has 4 aromatic carbocycles. The van der Waals surface area contributed by atoms with Gasteiger partial charge < -0.3 is 16.4 Å². The van der Waals surface area contributed by atoms with Gasteiger partial charge in [-0.2, -0.15) is 0 Å². The molecule has 172 valence electrons. The first-order chi connectivity index (χ1) is 16.3. The summed E-state index contributed by atoms with van der Waals surface area (Å²) in [5.74, 6) is 0. The van der Waals surface area contributed by atoms with Crippen LogP contribution in [0.1, 0.15) is 11.1 Å². The van der Waals surface area contributed by atoms with Crippen LogP contribution >= 0.6 is 46.4 Å². The maximum atomic E-state index is 6.56. The predicted octanol–water partition coefficient (Wildman–Crippen LogP) is 8.64. The van der Waals surface area contributed by atoms with Crippen molar-refractivity contribution in [3.05, 3.63) is 116 Å². The van der Waals surface area contributed by atoms with Gasteiger partial charge in [-0.05, 0) is 55.2 Å². The fourth-order valence-electron chi connectivity index (χ4n) is 3.64. The minimum Gasteiger partial charge on any atom is -0.398 e. The fraction of sp³-hybridized carbons (Fsp3) is 0.0385. The van der Waals surface area contributed by atoms with Crippen LogP contribution in [0.4, 0.5) is 22.7 Å². The van der Waals surface area contributed by atoms with Crippen molar-refractivity contribution < 1.29 is 0 Å². The SMILES string of the molecule is C=Nc1ccc(C(Nc2ccccc2Cl)(Nc2ccccc2Cl)c2ccc(N)c(Cl)c2)cc1Cl. The summed E-state index contributed by atoms with van der Waals surface area (Å²) in [7, 11) is 0. The lowest BCUT2D eigenvalue weighted by Crippen LogP contribution is -2.44. The fourth-order valence-corrected chi connectivity index (χ4v) is 4.43. The smallest absolute Gasteiger partial charge is 0.161 e. The standard InChI is InChI=1S/C26H20Cl4N4/c1-32-23-13-11-17(15-21(23)30)26(16-10-12-22(31)20(29)14-16,33-24-8-4-2-6-18(24)27)34-25-9-5-3-7-19(25)28/h2-15,33-34H,1,31H2. The van der Waals surface area contributed by atoms with E-state index < -0.39 is 5.66 Å². The molecule has 0 aromatic heterocycles. The van der Waals surface area contributed by atoms with E-state index in [9.17, 15) is 0 Å². The van der Waals surface area contributed by atoms with Crippen LogP contribution in [0.25, 0.3) is 0 Å². The average Bonchev–Trinajstić information content (AvgIpc) is 2.83. The van der Waals surface area contributed by atoms with Crippen molar-refractivity contribution in [2.24, 2.45) is 4.99 Å². The van der Waals surface area contributed by atoms with Crippen LogP contribution in [-0.4, -0.2) is 6.72 Å². The number of benzene rings is 4. The summed E-state index contributed by atoms with van der Waals surface area (Å²) in [5.41, 5.74) is 8.80. The van der Waals surface area contributed by atoms with E-state index in [0.717, 1.165) is 11.1 Å². The molecule has 0 saturated heterocycles. The lowest BCUT2D eigenvalue weighted by Gasteiger charge is -2.39. The van der Waals surface area contributed by atoms with Crippen LogP contribution < -0.4 is 16.4 Å². The zero-order valence-electron chi connectivity index (χ0n) is 17.8. The molecule has 4 rings (SSSR count). The Kier molecular flexibility index (Phi) is 7.24. The largest absolute Gasteiger partial charge is 0.398 e. The monoisotopic (exact) mass is 528 g/mol. The molecule has 8 heteroatoms. The minimum atomic E-state index is -1.11. The van der Waals surface area contributed by atoms with Crippen LogP contribution in [0.3, 0.4) is 0 Å². The third kappa shape index (κ3) is 4.82. The number of rotatable bonds is 7. The Morgan fingerprint density at radius 1 is 0.647 bits per heavy atom. The van der Waals surface area contributed by atoms with Crippen molar-refractivity contribution in [3.63, 3.8) is 0 Å². The number of hydrogen-bond acceptors (Lipinski definition) is 4. The molecule has 0 spiro atoms. The van der Waals surface area contributed by atoms with Gasteiger partial charge in [0.15, 0.2) is 5.66 Å². The summed E-state index contributed by atoms with van der Waals surface area (Å²) < 4.78 is 0. The van der Waals surface area contributed by atoms with Crippen molar-refractivity contribution in [1.82, 2.24) is 0 Å². The highest BCUT2D eigenvalue weighted by Crippen LogP contribution is 2.42. The average molecular weight is 530 g/mol. The van der Waals surface area contributed by atoms with Gasteiger partial charge in [0, 0.05) is 11.1 Å². The molecule has 4 nitrogen and oxygen atoms in total. The van der Waals surface area contributed by atoms with Crippen LogP contribution in [0, 0.1) is 0 Å². The van der Waals surface area contributed by atoms with E-state index in [-0.39, 0.29) is 0 Å². The van der Waals surface area contributed by atoms with Gasteiger partial charge in [-0.25, -0.2) is 0 Å². The highest BCUT2D eigenvalue weighted by molar-refractivity contribution is 6.34. The maximum absolute atomic E-state index is 6.56. The Hall–Kier alpha value is -2.89. The Morgan fingerprint density at radius 2 is 1.15 bits per heavy atom. The van der Waals surface area contributed by atoms with E-state index in [0.29, 0.717) is 42.8 Å². The summed E-state index contributed by atoms with van der Waals surface area (Å²) in [4.78, 5) is 3.99. The highest BCUT2D eigenvalue weighted by Gasteiger charge is 2.36. The van der Waals surface area contributed by atoms with Gasteiger partial charge in [-0.3, -0.25) is 4.99 Å². The second-order valence-electron chi connectivity index (χ2n) is 7.52. The maximum Gasteiger partial charge on any atom is 0.161 e. The van der Waals surface area contributed by atoms with Crippen molar-refractivity contribution in [3.8, 4) is 0 Å². The Balaban J connectivity index is 2.03. The first-order valence-electron chi connectivity index (χ1n) is 10.2. The first kappa shape index (κ1) is 24.2. The molecular formula is C26H20Cl4N4. The zero-order chi connectivity index (χ0) is 24.3. The lowest BCUT2D eigenvalue weighted by atomic mass is 9.89. The van der Waals surface area contributed by atoms with E-state index in [2.05, 4.69) is 22.3 Å². The van der Waals surface area contributed by atoms with Crippen molar-refractivity contribution in [2.45, 2.75) is 5.66 Å². The molecule has 34 heavy (non-hydrogen) atoms. The number of anilines is 3. The van der Waals surface area contributed by atoms with Crippen LogP contribution in [0.15, 0.2) is 89.9 Å². The number of nitrogens with two attached hydrogens (primary N) is 1. The van der Waals surface area contributed by atoms with Crippen LogP contribution in [0.5, 0.6) is 0 Å². The predicted molar refractivity (Wildman–Crippen MR) is 147 cm³/mol. The van der Waals surface area contributed by atoms with E-state index in [4.69, 9.17) is 52.1 Å². The normalized spacial score (nSPS) is 11.2. The van der Waals surface area contributed by atoms with Gasteiger partial charge in [0.2, 0.25) is 0 Å². The Labute approximate surface area is 218 Å². The minimum absolute atomic E-state index is 0.402. The van der Waals surface area contributed by atoms with Gasteiger partial charge >= 0.3 is 0 Å². The number of para-hydroxylation sites is 2. The summed E-state index contributed by atoms with van der Waals surface area (Å²) in [6.45, 7) is 3.59. The quantitative estimate of drug-likeness (QED) is 0.127. The van der Waals surface area contributed by atoms with Gasteiger partial charge in [0.1, 0.15) is 0 Å². The molecular weight excluding hydrogens is 510 g/mol. The lowest BCUT2D eigenvalue weighted by molar-refractivity contribution is 0.680. The van der Waals surface area contributed by atoms with E-state index in [1.165, 1.54) is 0 Å². The Bertz CT molecular complexity index is 1310. The van der Waals surface area contributed by atoms with E-state index in [1.807, 2.05) is 54.6 Å². The topological polar surface area (TPSA) is 62.4 Å². The molecule has 0 aliphatic heterocycles. The zero-order valence-corrected chi connectivity index (χ0v) is 20.9. The van der Waals surface area contributed by atoms with Crippen LogP contribution in [-0.2, 0) is 5.66 Å². The third-order valence-corrected chi connectivity index (χ3v) is 6.67. The number of hydrogen-bond donors (Lipinski definition) is 3. The molecule has 4 aromatic rings. The molecule has 0 fully saturated rings. The van der Waals surface area contributed by atoms with E-state index >= 15 is 0 Å². The third-order valence-electron chi connectivity index (χ3n) is 5.38. The molecule has 0 radical (unpaired) electrons. The number of halogens is 4. The van der Waals surface area contributed by atoms with Crippen LogP contribution in [0.2, 0.25) is 20.1 Å². The number of aliphatic imine (C=N–C) groups is 1. The highest BCUT2D eigenvalue weighted by atomic mass is 35.5. The Morgan fingerprint density at radius 3 is 1.62 bits per heavy atom. The van der Waals surface area contributed by atoms with Crippen molar-refractivity contribution in [2.75, 3.05) is 16.4 Å². The molecule has 0 aliphatic rings. The molecule has 0 bridgehead atoms. The van der Waals surface area contributed by atoms with Gasteiger partial charge in [0.05, 0.1) is 42.8 Å². The summed E-state index contributed by atoms with van der Waals surface area (Å²) >= 11 is 26.2. The summed E-state index contributed by atoms with van der Waals surface area (Å²) in [6, 6.07) is 25.8. The number of nitrogen functional groups attached to an aromatic ring is 1. The second-order valence-corrected chi connectivity index (χ2v) is 9.15. The van der Waals surface area contributed by atoms with Crippen molar-refractivity contribution in [1.29, 1.82) is 0 Å². The first-order valence-corrected chi connectivity index (χ1v) is 11.7. The van der Waals surface area contributed by atoms with Gasteiger partial charge in [-0.1, -0.05) is 82.8 Å². The molecule has 4 N–H and O–H groups in total. The van der Waals surface area contributed by atoms with E-state index in [1.54, 1.807) is 30.3 Å². The molecule has 0 amide bonds. The number of nitrogens with zero attached hydrogens (tertiary/aromatic N) is 1. The molecule has 0 aliphatic carbocycles. The van der Waals surface area contributed by atoms with Gasteiger partial charge in [-0.15, -0.1) is 0 Å². The van der Waals surface area contributed by atoms with Crippen molar-refractivity contribution >= 4 is 75.9 Å². The molecule has 0 unspecified atom stereocenters. The molecule has 0 saturated carbocycles. The second kappa shape index (κ2) is 10.2. The molecule has 0 heterocycles.